The monoisotopic (exact) mass is 760 g/mol. The van der Waals surface area contributed by atoms with Crippen molar-refractivity contribution in [1.29, 1.82) is 0 Å². The summed E-state index contributed by atoms with van der Waals surface area (Å²) in [6.45, 7) is 21.3. The highest BCUT2D eigenvalue weighted by atomic mass is 16.6. The van der Waals surface area contributed by atoms with Crippen LogP contribution in [0.1, 0.15) is 77.0 Å². The second kappa shape index (κ2) is 29.8. The number of ketones is 1. The highest BCUT2D eigenvalue weighted by molar-refractivity contribution is 5.89. The van der Waals surface area contributed by atoms with Gasteiger partial charge < -0.3 is 33.2 Å². The Hall–Kier alpha value is -4.62. The molecule has 2 unspecified atom stereocenters. The van der Waals surface area contributed by atoms with E-state index in [1.165, 1.54) is 13.2 Å². The molecule has 0 N–H and O–H groups in total. The standard InChI is InChI=1S/C41H60O13/c1-8-34(42)22-24-40(30-52-37(45)11-4,23-21-33(6)19-15-13-17-25-50-35(43)9-2)28-49-29-41(27-48-7,31-53-38(46)12-5)32-54-39(47)20-16-14-18-26-51-36(44)10-3/h8-12H,1-6,13-32H2,7H3. The lowest BCUT2D eigenvalue weighted by molar-refractivity contribution is -0.162. The second-order valence-corrected chi connectivity index (χ2v) is 13.0. The third-order valence-corrected chi connectivity index (χ3v) is 8.34. The van der Waals surface area contributed by atoms with E-state index in [0.29, 0.717) is 51.6 Å². The van der Waals surface area contributed by atoms with Gasteiger partial charge in [0, 0.05) is 49.7 Å². The quantitative estimate of drug-likeness (QED) is 0.0240. The fourth-order valence-corrected chi connectivity index (χ4v) is 5.09. The van der Waals surface area contributed by atoms with Crippen molar-refractivity contribution in [1.82, 2.24) is 0 Å². The molecule has 0 aliphatic heterocycles. The summed E-state index contributed by atoms with van der Waals surface area (Å²) in [5.41, 5.74) is -1.04. The summed E-state index contributed by atoms with van der Waals surface area (Å²) in [6.07, 6.45) is 11.7. The molecule has 0 saturated carbocycles. The molecule has 13 nitrogen and oxygen atoms in total. The highest BCUT2D eigenvalue weighted by Crippen LogP contribution is 2.35. The molecule has 0 amide bonds. The van der Waals surface area contributed by atoms with Crippen LogP contribution in [0.4, 0.5) is 0 Å². The van der Waals surface area contributed by atoms with Crippen LogP contribution in [0.15, 0.2) is 75.4 Å². The molecule has 0 fully saturated rings. The van der Waals surface area contributed by atoms with Gasteiger partial charge in [0.25, 0.3) is 0 Å². The number of carbonyl (C=O) groups excluding carboxylic acids is 6. The highest BCUT2D eigenvalue weighted by Gasteiger charge is 2.38. The van der Waals surface area contributed by atoms with Gasteiger partial charge in [-0.3, -0.25) is 9.59 Å². The number of ether oxygens (including phenoxy) is 7. The number of allylic oxidation sites excluding steroid dienone is 2. The van der Waals surface area contributed by atoms with Crippen molar-refractivity contribution in [3.63, 3.8) is 0 Å². The summed E-state index contributed by atoms with van der Waals surface area (Å²) in [7, 11) is 1.45. The SMILES string of the molecule is C=CC(=O)CCC(CCC(=C)CCCCCOC(=O)C=C)(COCC(COC)(COC(=O)C=C)COC(=O)CCCCCOC(=O)C=C)COC(=O)C=C. The van der Waals surface area contributed by atoms with E-state index in [4.69, 9.17) is 33.2 Å². The molecular weight excluding hydrogens is 700 g/mol. The summed E-state index contributed by atoms with van der Waals surface area (Å²) in [4.78, 5) is 71.9. The first-order chi connectivity index (χ1) is 25.8. The largest absolute Gasteiger partial charge is 0.465 e. The zero-order valence-electron chi connectivity index (χ0n) is 32.1. The van der Waals surface area contributed by atoms with Crippen molar-refractivity contribution >= 4 is 35.6 Å². The van der Waals surface area contributed by atoms with Crippen LogP contribution in [0, 0.1) is 10.8 Å². The lowest BCUT2D eigenvalue weighted by atomic mass is 9.78. The molecule has 0 radical (unpaired) electrons. The van der Waals surface area contributed by atoms with Crippen molar-refractivity contribution in [3.05, 3.63) is 75.4 Å². The molecule has 54 heavy (non-hydrogen) atoms. The van der Waals surface area contributed by atoms with Gasteiger partial charge in [0.05, 0.1) is 45.1 Å². The van der Waals surface area contributed by atoms with E-state index < -0.39 is 40.7 Å². The van der Waals surface area contributed by atoms with Crippen LogP contribution in [-0.4, -0.2) is 95.6 Å². The number of hydrogen-bond acceptors (Lipinski definition) is 13. The third-order valence-electron chi connectivity index (χ3n) is 8.34. The second-order valence-electron chi connectivity index (χ2n) is 13.0. The summed E-state index contributed by atoms with van der Waals surface area (Å²) >= 11 is 0. The van der Waals surface area contributed by atoms with E-state index in [9.17, 15) is 28.8 Å². The maximum atomic E-state index is 12.7. The number of methoxy groups -OCH3 is 1. The van der Waals surface area contributed by atoms with Crippen molar-refractivity contribution in [2.75, 3.05) is 60.0 Å². The Labute approximate surface area is 320 Å². The molecule has 0 bridgehead atoms. The molecule has 2 atom stereocenters. The van der Waals surface area contributed by atoms with Crippen LogP contribution in [0.3, 0.4) is 0 Å². The molecule has 0 heterocycles. The van der Waals surface area contributed by atoms with Gasteiger partial charge in [0.2, 0.25) is 0 Å². The Morgan fingerprint density at radius 1 is 0.481 bits per heavy atom. The predicted octanol–water partition coefficient (Wildman–Crippen LogP) is 6.07. The maximum Gasteiger partial charge on any atom is 0.330 e. The molecule has 0 aliphatic carbocycles. The Bertz CT molecular complexity index is 1240. The van der Waals surface area contributed by atoms with Crippen molar-refractivity contribution in [2.24, 2.45) is 10.8 Å². The summed E-state index contributed by atoms with van der Waals surface area (Å²) < 4.78 is 38.3. The fourth-order valence-electron chi connectivity index (χ4n) is 5.09. The van der Waals surface area contributed by atoms with E-state index in [-0.39, 0.29) is 71.3 Å². The number of unbranched alkanes of at least 4 members (excludes halogenated alkanes) is 4. The van der Waals surface area contributed by atoms with Crippen LogP contribution < -0.4 is 0 Å². The van der Waals surface area contributed by atoms with E-state index in [1.54, 1.807) is 0 Å². The fraction of sp³-hybridized carbons (Fsp3) is 0.561. The molecule has 0 saturated heterocycles. The van der Waals surface area contributed by atoms with Gasteiger partial charge in [-0.1, -0.05) is 45.0 Å². The predicted molar refractivity (Wildman–Crippen MR) is 203 cm³/mol. The van der Waals surface area contributed by atoms with Crippen molar-refractivity contribution in [3.8, 4) is 0 Å². The smallest absolute Gasteiger partial charge is 0.330 e. The first kappa shape index (κ1) is 49.4. The molecule has 0 aromatic rings. The van der Waals surface area contributed by atoms with E-state index >= 15 is 0 Å². The molecule has 13 heteroatoms. The van der Waals surface area contributed by atoms with E-state index in [1.807, 2.05) is 0 Å². The van der Waals surface area contributed by atoms with Gasteiger partial charge in [-0.25, -0.2) is 19.2 Å². The zero-order chi connectivity index (χ0) is 40.7. The lowest BCUT2D eigenvalue weighted by Crippen LogP contribution is -2.44. The zero-order valence-corrected chi connectivity index (χ0v) is 32.1. The summed E-state index contributed by atoms with van der Waals surface area (Å²) in [5.74, 6) is -2.98. The number of rotatable bonds is 35. The molecule has 0 aromatic heterocycles. The maximum absolute atomic E-state index is 12.7. The molecule has 0 spiro atoms. The minimum Gasteiger partial charge on any atom is -0.465 e. The van der Waals surface area contributed by atoms with Crippen LogP contribution >= 0.6 is 0 Å². The van der Waals surface area contributed by atoms with Crippen LogP contribution in [-0.2, 0) is 61.9 Å². The van der Waals surface area contributed by atoms with Gasteiger partial charge in [-0.15, -0.1) is 0 Å². The Balaban J connectivity index is 5.89. The van der Waals surface area contributed by atoms with Gasteiger partial charge in [0.1, 0.15) is 13.2 Å². The number of hydrogen-bond donors (Lipinski definition) is 0. The minimum absolute atomic E-state index is 0.00897. The summed E-state index contributed by atoms with van der Waals surface area (Å²) in [6, 6.07) is 0. The van der Waals surface area contributed by atoms with Gasteiger partial charge >= 0.3 is 29.8 Å². The molecule has 0 rings (SSSR count). The van der Waals surface area contributed by atoms with Crippen LogP contribution in [0.2, 0.25) is 0 Å². The summed E-state index contributed by atoms with van der Waals surface area (Å²) in [5, 5.41) is 0. The first-order valence-corrected chi connectivity index (χ1v) is 18.0. The third kappa shape index (κ3) is 23.8. The normalized spacial score (nSPS) is 12.8. The van der Waals surface area contributed by atoms with Crippen molar-refractivity contribution < 1.29 is 61.9 Å². The minimum atomic E-state index is -1.13. The molecule has 0 aliphatic rings. The molecular formula is C41H60O13. The van der Waals surface area contributed by atoms with Gasteiger partial charge in [0.15, 0.2) is 5.78 Å². The molecule has 0 aromatic carbocycles. The topological polar surface area (TPSA) is 167 Å². The first-order valence-electron chi connectivity index (χ1n) is 18.0. The van der Waals surface area contributed by atoms with Gasteiger partial charge in [-0.05, 0) is 70.3 Å². The number of esters is 5. The Morgan fingerprint density at radius 2 is 0.944 bits per heavy atom. The van der Waals surface area contributed by atoms with Crippen LogP contribution in [0.5, 0.6) is 0 Å². The Kier molecular flexibility index (Phi) is 27.2. The lowest BCUT2D eigenvalue weighted by Gasteiger charge is -2.36. The average Bonchev–Trinajstić information content (AvgIpc) is 3.18. The van der Waals surface area contributed by atoms with Crippen LogP contribution in [0.25, 0.3) is 0 Å². The van der Waals surface area contributed by atoms with E-state index in [2.05, 4.69) is 39.5 Å². The van der Waals surface area contributed by atoms with Crippen molar-refractivity contribution in [2.45, 2.75) is 77.0 Å². The Morgan fingerprint density at radius 3 is 1.46 bits per heavy atom. The van der Waals surface area contributed by atoms with E-state index in [0.717, 1.165) is 42.7 Å². The molecule has 302 valence electrons. The van der Waals surface area contributed by atoms with Gasteiger partial charge in [-0.2, -0.15) is 0 Å². The average molecular weight is 761 g/mol. The number of carbonyl (C=O) groups is 6.